The summed E-state index contributed by atoms with van der Waals surface area (Å²) in [5.41, 5.74) is 2.32. The summed E-state index contributed by atoms with van der Waals surface area (Å²) in [5.74, 6) is -1.15. The molecule has 140 valence electrons. The molecule has 0 heterocycles. The molecule has 0 atom stereocenters. The predicted octanol–water partition coefficient (Wildman–Crippen LogP) is 4.98. The molecule has 3 aromatic carbocycles. The highest BCUT2D eigenvalue weighted by Gasteiger charge is 2.26. The van der Waals surface area contributed by atoms with Gasteiger partial charge in [-0.15, -0.1) is 0 Å². The molecule has 0 fully saturated rings. The Morgan fingerprint density at radius 1 is 0.889 bits per heavy atom. The van der Waals surface area contributed by atoms with Crippen molar-refractivity contribution in [3.8, 4) is 0 Å². The zero-order chi connectivity index (χ0) is 19.6. The number of aryl methyl sites for hydroxylation is 2. The molecule has 0 bridgehead atoms. The zero-order valence-electron chi connectivity index (χ0n) is 15.0. The molecule has 3 nitrogen and oxygen atoms in total. The van der Waals surface area contributed by atoms with Gasteiger partial charge in [0.2, 0.25) is 0 Å². The lowest BCUT2D eigenvalue weighted by Crippen LogP contribution is -2.30. The Balaban J connectivity index is 2.12. The number of rotatable bonds is 5. The smallest absolute Gasteiger partial charge is 0.262 e. The lowest BCUT2D eigenvalue weighted by atomic mass is 10.1. The highest BCUT2D eigenvalue weighted by atomic mass is 32.2. The summed E-state index contributed by atoms with van der Waals surface area (Å²) in [4.78, 5) is -0.184. The van der Waals surface area contributed by atoms with Crippen LogP contribution in [0.5, 0.6) is 0 Å². The minimum absolute atomic E-state index is 0.00300. The summed E-state index contributed by atoms with van der Waals surface area (Å²) >= 11 is 0. The van der Waals surface area contributed by atoms with Crippen molar-refractivity contribution in [3.63, 3.8) is 0 Å². The molecule has 3 aromatic rings. The maximum Gasteiger partial charge on any atom is 0.264 e. The Hall–Kier alpha value is -2.73. The van der Waals surface area contributed by atoms with Gasteiger partial charge < -0.3 is 0 Å². The predicted molar refractivity (Wildman–Crippen MR) is 102 cm³/mol. The molecule has 3 rings (SSSR count). The van der Waals surface area contributed by atoms with Gasteiger partial charge >= 0.3 is 0 Å². The minimum Gasteiger partial charge on any atom is -0.262 e. The van der Waals surface area contributed by atoms with Crippen molar-refractivity contribution >= 4 is 15.7 Å². The highest BCUT2D eigenvalue weighted by Crippen LogP contribution is 2.28. The van der Waals surface area contributed by atoms with Crippen LogP contribution in [0.4, 0.5) is 14.5 Å². The lowest BCUT2D eigenvalue weighted by molar-refractivity contribution is 0.585. The molecule has 0 radical (unpaired) electrons. The van der Waals surface area contributed by atoms with E-state index in [0.717, 1.165) is 21.5 Å². The van der Waals surface area contributed by atoms with E-state index in [2.05, 4.69) is 0 Å². The van der Waals surface area contributed by atoms with Crippen LogP contribution in [0.3, 0.4) is 0 Å². The van der Waals surface area contributed by atoms with E-state index in [1.54, 1.807) is 19.1 Å². The Morgan fingerprint density at radius 3 is 2.30 bits per heavy atom. The summed E-state index contributed by atoms with van der Waals surface area (Å²) in [6.45, 7) is 3.51. The summed E-state index contributed by atoms with van der Waals surface area (Å²) in [6, 6.07) is 16.4. The number of sulfonamides is 1. The van der Waals surface area contributed by atoms with Crippen LogP contribution >= 0.6 is 0 Å². The quantitative estimate of drug-likeness (QED) is 0.619. The second-order valence-corrected chi connectivity index (χ2v) is 8.25. The van der Waals surface area contributed by atoms with Gasteiger partial charge in [-0.25, -0.2) is 17.2 Å². The first-order valence-corrected chi connectivity index (χ1v) is 9.81. The van der Waals surface area contributed by atoms with Crippen LogP contribution in [0.1, 0.15) is 16.7 Å². The summed E-state index contributed by atoms with van der Waals surface area (Å²) in [6.07, 6.45) is 0. The molecule has 0 N–H and O–H groups in total. The molecule has 0 saturated heterocycles. The zero-order valence-corrected chi connectivity index (χ0v) is 15.8. The van der Waals surface area contributed by atoms with Gasteiger partial charge in [-0.2, -0.15) is 0 Å². The van der Waals surface area contributed by atoms with Crippen molar-refractivity contribution < 1.29 is 17.2 Å². The summed E-state index contributed by atoms with van der Waals surface area (Å²) in [5, 5.41) is 0. The Labute approximate surface area is 157 Å². The average Bonchev–Trinajstić information content (AvgIpc) is 2.62. The summed E-state index contributed by atoms with van der Waals surface area (Å²) in [7, 11) is -4.09. The number of hydrogen-bond acceptors (Lipinski definition) is 2. The van der Waals surface area contributed by atoms with E-state index in [-0.39, 0.29) is 17.1 Å². The molecule has 0 unspecified atom stereocenters. The standard InChI is InChI=1S/C21H19F2NO2S/c1-15-5-3-6-17(11-15)14-24(19-10-9-16(2)21(23)13-19)27(25,26)20-8-4-7-18(22)12-20/h3-13H,14H2,1-2H3. The molecule has 0 aliphatic heterocycles. The second kappa shape index (κ2) is 7.48. The van der Waals surface area contributed by atoms with Gasteiger partial charge in [0.25, 0.3) is 10.0 Å². The normalized spacial score (nSPS) is 11.4. The van der Waals surface area contributed by atoms with Crippen molar-refractivity contribution in [2.24, 2.45) is 0 Å². The maximum atomic E-state index is 14.1. The summed E-state index contributed by atoms with van der Waals surface area (Å²) < 4.78 is 55.2. The van der Waals surface area contributed by atoms with Crippen molar-refractivity contribution in [1.29, 1.82) is 0 Å². The fraction of sp³-hybridized carbons (Fsp3) is 0.143. The van der Waals surface area contributed by atoms with E-state index in [4.69, 9.17) is 0 Å². The van der Waals surface area contributed by atoms with Crippen LogP contribution in [0.2, 0.25) is 0 Å². The molecule has 0 aliphatic carbocycles. The van der Waals surface area contributed by atoms with Crippen LogP contribution in [0.15, 0.2) is 71.6 Å². The van der Waals surface area contributed by atoms with E-state index in [1.165, 1.54) is 30.3 Å². The SMILES string of the molecule is Cc1cccc(CN(c2ccc(C)c(F)c2)S(=O)(=O)c2cccc(F)c2)c1. The number of halogens is 2. The minimum atomic E-state index is -4.09. The molecule has 0 aromatic heterocycles. The molecule has 0 spiro atoms. The van der Waals surface area contributed by atoms with Crippen LogP contribution in [-0.2, 0) is 16.6 Å². The van der Waals surface area contributed by atoms with Crippen molar-refractivity contribution in [1.82, 2.24) is 0 Å². The van der Waals surface area contributed by atoms with Gasteiger partial charge in [-0.05, 0) is 55.3 Å². The third-order valence-electron chi connectivity index (χ3n) is 4.24. The van der Waals surface area contributed by atoms with Gasteiger partial charge in [0, 0.05) is 0 Å². The van der Waals surface area contributed by atoms with Crippen LogP contribution in [-0.4, -0.2) is 8.42 Å². The Kier molecular flexibility index (Phi) is 5.28. The van der Waals surface area contributed by atoms with Crippen LogP contribution in [0, 0.1) is 25.5 Å². The van der Waals surface area contributed by atoms with E-state index < -0.39 is 21.7 Å². The molecule has 6 heteroatoms. The first kappa shape index (κ1) is 19.0. The van der Waals surface area contributed by atoms with E-state index in [9.17, 15) is 17.2 Å². The van der Waals surface area contributed by atoms with Crippen LogP contribution < -0.4 is 4.31 Å². The topological polar surface area (TPSA) is 37.4 Å². The number of hydrogen-bond donors (Lipinski definition) is 0. The molecule has 0 saturated carbocycles. The van der Waals surface area contributed by atoms with Crippen LogP contribution in [0.25, 0.3) is 0 Å². The van der Waals surface area contributed by atoms with Gasteiger partial charge in [-0.3, -0.25) is 4.31 Å². The van der Waals surface area contributed by atoms with E-state index >= 15 is 0 Å². The average molecular weight is 387 g/mol. The highest BCUT2D eigenvalue weighted by molar-refractivity contribution is 7.92. The Morgan fingerprint density at radius 2 is 1.63 bits per heavy atom. The van der Waals surface area contributed by atoms with Gasteiger partial charge in [0.05, 0.1) is 17.1 Å². The first-order chi connectivity index (χ1) is 12.8. The Bertz CT molecular complexity index is 1080. The fourth-order valence-corrected chi connectivity index (χ4v) is 4.26. The third kappa shape index (κ3) is 4.17. The monoisotopic (exact) mass is 387 g/mol. The van der Waals surface area contributed by atoms with E-state index in [1.807, 2.05) is 25.1 Å². The molecule has 0 aliphatic rings. The number of nitrogens with zero attached hydrogens (tertiary/aromatic N) is 1. The van der Waals surface area contributed by atoms with Gasteiger partial charge in [0.1, 0.15) is 11.6 Å². The van der Waals surface area contributed by atoms with Crippen molar-refractivity contribution in [2.45, 2.75) is 25.3 Å². The maximum absolute atomic E-state index is 14.1. The lowest BCUT2D eigenvalue weighted by Gasteiger charge is -2.25. The molecule has 27 heavy (non-hydrogen) atoms. The molecular weight excluding hydrogens is 368 g/mol. The second-order valence-electron chi connectivity index (χ2n) is 6.39. The largest absolute Gasteiger partial charge is 0.264 e. The third-order valence-corrected chi connectivity index (χ3v) is 6.01. The fourth-order valence-electron chi connectivity index (χ4n) is 2.78. The number of benzene rings is 3. The first-order valence-electron chi connectivity index (χ1n) is 8.37. The van der Waals surface area contributed by atoms with E-state index in [0.29, 0.717) is 5.56 Å². The molecule has 0 amide bonds. The van der Waals surface area contributed by atoms with Gasteiger partial charge in [-0.1, -0.05) is 42.0 Å². The van der Waals surface area contributed by atoms with Gasteiger partial charge in [0.15, 0.2) is 0 Å². The van der Waals surface area contributed by atoms with Crippen molar-refractivity contribution in [3.05, 3.63) is 95.1 Å². The van der Waals surface area contributed by atoms with Crippen molar-refractivity contribution in [2.75, 3.05) is 4.31 Å². The molecular formula is C21H19F2NO2S. The number of anilines is 1.